The second kappa shape index (κ2) is 7.04. The molecule has 3 heterocycles. The highest BCUT2D eigenvalue weighted by atomic mass is 16.5. The van der Waals surface area contributed by atoms with E-state index in [1.165, 1.54) is 0 Å². The zero-order chi connectivity index (χ0) is 20.9. The van der Waals surface area contributed by atoms with Crippen molar-refractivity contribution in [1.29, 1.82) is 0 Å². The second-order valence-corrected chi connectivity index (χ2v) is 8.33. The van der Waals surface area contributed by atoms with Crippen molar-refractivity contribution in [3.05, 3.63) is 47.5 Å². The Kier molecular flexibility index (Phi) is 4.45. The third-order valence-corrected chi connectivity index (χ3v) is 6.22. The maximum atomic E-state index is 12.9. The first-order valence-corrected chi connectivity index (χ1v) is 10.1. The molecule has 3 aromatic rings. The van der Waals surface area contributed by atoms with Crippen LogP contribution in [0.4, 0.5) is 0 Å². The fourth-order valence-corrected chi connectivity index (χ4v) is 4.61. The van der Waals surface area contributed by atoms with Crippen LogP contribution in [0.2, 0.25) is 0 Å². The molecule has 7 nitrogen and oxygen atoms in total. The first-order chi connectivity index (χ1) is 14.5. The number of aromatic hydroxyl groups is 2. The van der Waals surface area contributed by atoms with Crippen molar-refractivity contribution >= 4 is 16.9 Å². The standard InChI is InChI=1S/C23H24N2O5/c1-24-22(28)20-19-16(10-25-8-7-23(11-25)12-29-13-23)17(27)5-6-18(19)30-21(20)14-3-2-4-15(26)9-14/h2-6,9,26-27H,7-8,10-13H2,1H3,(H,24,28). The van der Waals surface area contributed by atoms with Crippen LogP contribution in [0.5, 0.6) is 11.5 Å². The van der Waals surface area contributed by atoms with Gasteiger partial charge in [-0.25, -0.2) is 0 Å². The van der Waals surface area contributed by atoms with Gasteiger partial charge in [-0.05, 0) is 37.2 Å². The zero-order valence-corrected chi connectivity index (χ0v) is 16.8. The Labute approximate surface area is 173 Å². The molecule has 0 atom stereocenters. The van der Waals surface area contributed by atoms with Crippen LogP contribution in [-0.4, -0.2) is 54.4 Å². The van der Waals surface area contributed by atoms with Gasteiger partial charge in [0.25, 0.3) is 5.91 Å². The summed E-state index contributed by atoms with van der Waals surface area (Å²) in [5.41, 5.74) is 2.40. The Bertz CT molecular complexity index is 1130. The first-order valence-electron chi connectivity index (χ1n) is 10.1. The van der Waals surface area contributed by atoms with E-state index >= 15 is 0 Å². The number of phenols is 2. The van der Waals surface area contributed by atoms with Crippen LogP contribution in [0.3, 0.4) is 0 Å². The molecule has 2 aromatic carbocycles. The molecule has 5 rings (SSSR count). The smallest absolute Gasteiger partial charge is 0.255 e. The molecule has 1 amide bonds. The molecular formula is C23H24N2O5. The van der Waals surface area contributed by atoms with Gasteiger partial charge in [0.1, 0.15) is 22.8 Å². The van der Waals surface area contributed by atoms with Crippen molar-refractivity contribution in [3.63, 3.8) is 0 Å². The van der Waals surface area contributed by atoms with Crippen molar-refractivity contribution in [2.75, 3.05) is 33.4 Å². The summed E-state index contributed by atoms with van der Waals surface area (Å²) in [7, 11) is 1.57. The molecule has 1 spiro atoms. The van der Waals surface area contributed by atoms with E-state index in [4.69, 9.17) is 9.15 Å². The first kappa shape index (κ1) is 19.0. The molecule has 0 radical (unpaired) electrons. The van der Waals surface area contributed by atoms with Gasteiger partial charge in [0, 0.05) is 42.1 Å². The lowest BCUT2D eigenvalue weighted by Gasteiger charge is -2.37. The maximum Gasteiger partial charge on any atom is 0.255 e. The van der Waals surface area contributed by atoms with E-state index in [1.807, 2.05) is 0 Å². The van der Waals surface area contributed by atoms with E-state index in [-0.39, 0.29) is 22.8 Å². The largest absolute Gasteiger partial charge is 0.508 e. The third-order valence-electron chi connectivity index (χ3n) is 6.22. The normalized spacial score (nSPS) is 18.0. The minimum atomic E-state index is -0.302. The molecule has 7 heteroatoms. The number of carbonyl (C=O) groups excluding carboxylic acids is 1. The number of ether oxygens (including phenoxy) is 1. The fourth-order valence-electron chi connectivity index (χ4n) is 4.61. The number of rotatable bonds is 4. The second-order valence-electron chi connectivity index (χ2n) is 8.33. The van der Waals surface area contributed by atoms with E-state index in [1.54, 1.807) is 43.4 Å². The summed E-state index contributed by atoms with van der Waals surface area (Å²) in [6.07, 6.45) is 1.08. The third kappa shape index (κ3) is 3.02. The van der Waals surface area contributed by atoms with Crippen molar-refractivity contribution < 1.29 is 24.2 Å². The van der Waals surface area contributed by atoms with Crippen molar-refractivity contribution in [1.82, 2.24) is 10.2 Å². The van der Waals surface area contributed by atoms with Crippen LogP contribution in [0.25, 0.3) is 22.3 Å². The summed E-state index contributed by atoms with van der Waals surface area (Å²) in [5, 5.41) is 23.9. The van der Waals surface area contributed by atoms with Crippen molar-refractivity contribution in [2.24, 2.45) is 5.41 Å². The number of fused-ring (bicyclic) bond motifs is 1. The summed E-state index contributed by atoms with van der Waals surface area (Å²) in [6.45, 7) is 3.93. The summed E-state index contributed by atoms with van der Waals surface area (Å²) < 4.78 is 11.5. The average molecular weight is 408 g/mol. The number of nitrogens with zero attached hydrogens (tertiary/aromatic N) is 1. The predicted molar refractivity (Wildman–Crippen MR) is 112 cm³/mol. The van der Waals surface area contributed by atoms with Gasteiger partial charge in [0.2, 0.25) is 0 Å². The lowest BCUT2D eigenvalue weighted by molar-refractivity contribution is -0.105. The van der Waals surface area contributed by atoms with Crippen LogP contribution < -0.4 is 5.32 Å². The SMILES string of the molecule is CNC(=O)c1c(-c2cccc(O)c2)oc2ccc(O)c(CN3CCC4(COC4)C3)c12. The Morgan fingerprint density at radius 1 is 1.23 bits per heavy atom. The van der Waals surface area contributed by atoms with Crippen LogP contribution in [0.15, 0.2) is 40.8 Å². The number of phenolic OH excluding ortho intramolecular Hbond substituents is 2. The number of hydrogen-bond donors (Lipinski definition) is 3. The van der Waals surface area contributed by atoms with E-state index < -0.39 is 0 Å². The Hall–Kier alpha value is -3.03. The minimum absolute atomic E-state index is 0.0870. The van der Waals surface area contributed by atoms with Gasteiger partial charge in [-0.3, -0.25) is 9.69 Å². The van der Waals surface area contributed by atoms with Crippen molar-refractivity contribution in [2.45, 2.75) is 13.0 Å². The molecule has 0 bridgehead atoms. The quantitative estimate of drug-likeness (QED) is 0.614. The summed E-state index contributed by atoms with van der Waals surface area (Å²) in [6, 6.07) is 9.90. The summed E-state index contributed by atoms with van der Waals surface area (Å²) >= 11 is 0. The Morgan fingerprint density at radius 3 is 2.73 bits per heavy atom. The highest BCUT2D eigenvalue weighted by molar-refractivity contribution is 6.12. The van der Waals surface area contributed by atoms with Gasteiger partial charge in [-0.1, -0.05) is 12.1 Å². The number of furan rings is 1. The number of likely N-dealkylation sites (tertiary alicyclic amines) is 1. The van der Waals surface area contributed by atoms with Gasteiger partial charge < -0.3 is 24.7 Å². The highest BCUT2D eigenvalue weighted by Crippen LogP contribution is 2.42. The van der Waals surface area contributed by atoms with Crippen LogP contribution in [0.1, 0.15) is 22.3 Å². The topological polar surface area (TPSA) is 95.2 Å². The maximum absolute atomic E-state index is 12.9. The summed E-state index contributed by atoms with van der Waals surface area (Å²) in [5.74, 6) is 0.298. The average Bonchev–Trinajstić information content (AvgIpc) is 3.32. The van der Waals surface area contributed by atoms with E-state index in [9.17, 15) is 15.0 Å². The number of amides is 1. The van der Waals surface area contributed by atoms with Gasteiger partial charge in [-0.2, -0.15) is 0 Å². The lowest BCUT2D eigenvalue weighted by Crippen LogP contribution is -2.44. The van der Waals surface area contributed by atoms with E-state index in [0.717, 1.165) is 32.7 Å². The molecule has 0 saturated carbocycles. The van der Waals surface area contributed by atoms with Crippen LogP contribution in [-0.2, 0) is 11.3 Å². The number of carbonyl (C=O) groups is 1. The van der Waals surface area contributed by atoms with Gasteiger partial charge in [0.05, 0.1) is 18.8 Å². The van der Waals surface area contributed by atoms with Gasteiger partial charge in [-0.15, -0.1) is 0 Å². The molecule has 30 heavy (non-hydrogen) atoms. The minimum Gasteiger partial charge on any atom is -0.508 e. The molecule has 0 unspecified atom stereocenters. The molecule has 2 aliphatic rings. The Balaban J connectivity index is 1.63. The molecular weight excluding hydrogens is 384 g/mol. The van der Waals surface area contributed by atoms with Crippen LogP contribution >= 0.6 is 0 Å². The van der Waals surface area contributed by atoms with E-state index in [0.29, 0.717) is 40.0 Å². The van der Waals surface area contributed by atoms with Gasteiger partial charge in [0.15, 0.2) is 0 Å². The Morgan fingerprint density at radius 2 is 2.07 bits per heavy atom. The predicted octanol–water partition coefficient (Wildman–Crippen LogP) is 3.09. The molecule has 2 fully saturated rings. The zero-order valence-electron chi connectivity index (χ0n) is 16.8. The van der Waals surface area contributed by atoms with Crippen molar-refractivity contribution in [3.8, 4) is 22.8 Å². The molecule has 1 aromatic heterocycles. The molecule has 0 aliphatic carbocycles. The fraction of sp³-hybridized carbons (Fsp3) is 0.348. The highest BCUT2D eigenvalue weighted by Gasteiger charge is 2.44. The number of benzene rings is 2. The van der Waals surface area contributed by atoms with Crippen LogP contribution in [0, 0.1) is 5.41 Å². The number of nitrogens with one attached hydrogen (secondary N) is 1. The molecule has 3 N–H and O–H groups in total. The van der Waals surface area contributed by atoms with E-state index in [2.05, 4.69) is 10.2 Å². The lowest BCUT2D eigenvalue weighted by atomic mass is 9.85. The monoisotopic (exact) mass is 408 g/mol. The number of hydrogen-bond acceptors (Lipinski definition) is 6. The molecule has 2 aliphatic heterocycles. The molecule has 156 valence electrons. The molecule has 2 saturated heterocycles. The van der Waals surface area contributed by atoms with Gasteiger partial charge >= 0.3 is 0 Å². The summed E-state index contributed by atoms with van der Waals surface area (Å²) in [4.78, 5) is 15.2.